The van der Waals surface area contributed by atoms with Crippen LogP contribution in [0.25, 0.3) is 6.08 Å². The van der Waals surface area contributed by atoms with Crippen LogP contribution in [0.1, 0.15) is 12.5 Å². The lowest BCUT2D eigenvalue weighted by atomic mass is 10.0. The Hall–Kier alpha value is -2.33. The van der Waals surface area contributed by atoms with Crippen LogP contribution in [0.4, 0.5) is 0 Å². The van der Waals surface area contributed by atoms with Gasteiger partial charge in [-0.1, -0.05) is 29.8 Å². The summed E-state index contributed by atoms with van der Waals surface area (Å²) in [6.07, 6.45) is 3.26. The average Bonchev–Trinajstić information content (AvgIpc) is 2.72. The Morgan fingerprint density at radius 3 is 2.77 bits per heavy atom. The van der Waals surface area contributed by atoms with E-state index in [4.69, 9.17) is 16.3 Å². The fraction of sp³-hybridized carbons (Fsp3) is 0.176. The maximum Gasteiger partial charge on any atom is 0.340 e. The number of methoxy groups -OCH3 is 1. The predicted octanol–water partition coefficient (Wildman–Crippen LogP) is 3.20. The number of ether oxygens (including phenoxy) is 1. The van der Waals surface area contributed by atoms with Crippen LogP contribution in [-0.4, -0.2) is 30.4 Å². The smallest absolute Gasteiger partial charge is 0.340 e. The monoisotopic (exact) mass is 317 g/mol. The van der Waals surface area contributed by atoms with Crippen molar-refractivity contribution in [2.45, 2.75) is 6.92 Å². The van der Waals surface area contributed by atoms with E-state index in [-0.39, 0.29) is 11.5 Å². The Labute approximate surface area is 134 Å². The van der Waals surface area contributed by atoms with Gasteiger partial charge in [0.2, 0.25) is 0 Å². The zero-order valence-electron chi connectivity index (χ0n) is 12.4. The van der Waals surface area contributed by atoms with E-state index in [1.54, 1.807) is 37.3 Å². The fourth-order valence-electron chi connectivity index (χ4n) is 2.34. The molecule has 22 heavy (non-hydrogen) atoms. The van der Waals surface area contributed by atoms with Crippen LogP contribution in [-0.2, 0) is 14.3 Å². The molecule has 1 heterocycles. The number of amides is 1. The lowest BCUT2D eigenvalue weighted by Gasteiger charge is -2.14. The van der Waals surface area contributed by atoms with Gasteiger partial charge >= 0.3 is 5.97 Å². The highest BCUT2D eigenvalue weighted by molar-refractivity contribution is 6.30. The van der Waals surface area contributed by atoms with E-state index < -0.39 is 5.97 Å². The van der Waals surface area contributed by atoms with Crippen LogP contribution in [0.2, 0.25) is 5.02 Å². The number of hydrogen-bond acceptors (Lipinski definition) is 3. The molecule has 0 radical (unpaired) electrons. The molecule has 1 amide bonds. The van der Waals surface area contributed by atoms with Gasteiger partial charge in [0.25, 0.3) is 5.91 Å². The minimum atomic E-state index is -0.536. The van der Waals surface area contributed by atoms with Crippen LogP contribution >= 0.6 is 11.6 Å². The average molecular weight is 318 g/mol. The maximum atomic E-state index is 12.6. The zero-order valence-corrected chi connectivity index (χ0v) is 13.2. The van der Waals surface area contributed by atoms with E-state index in [9.17, 15) is 9.59 Å². The SMILES string of the molecule is C=CCN1C(=O)C(=Cc2cccc(Cl)c2)C(C(=O)OC)=C1C. The molecule has 0 saturated carbocycles. The van der Waals surface area contributed by atoms with E-state index in [0.29, 0.717) is 22.8 Å². The Kier molecular flexibility index (Phi) is 4.83. The molecule has 0 spiro atoms. The van der Waals surface area contributed by atoms with Crippen molar-refractivity contribution in [2.24, 2.45) is 0 Å². The summed E-state index contributed by atoms with van der Waals surface area (Å²) in [7, 11) is 1.29. The second kappa shape index (κ2) is 6.62. The van der Waals surface area contributed by atoms with Crippen LogP contribution in [0.15, 0.2) is 53.8 Å². The number of benzene rings is 1. The van der Waals surface area contributed by atoms with E-state index in [1.807, 2.05) is 6.07 Å². The van der Waals surface area contributed by atoms with Crippen LogP contribution in [0.5, 0.6) is 0 Å². The molecular weight excluding hydrogens is 302 g/mol. The Balaban J connectivity index is 2.54. The third kappa shape index (κ3) is 2.97. The molecule has 1 aromatic carbocycles. The Morgan fingerprint density at radius 1 is 1.45 bits per heavy atom. The Morgan fingerprint density at radius 2 is 2.18 bits per heavy atom. The summed E-state index contributed by atoms with van der Waals surface area (Å²) in [6, 6.07) is 7.06. The van der Waals surface area contributed by atoms with Crippen molar-refractivity contribution in [1.29, 1.82) is 0 Å². The summed E-state index contributed by atoms with van der Waals surface area (Å²) in [6.45, 7) is 5.68. The summed E-state index contributed by atoms with van der Waals surface area (Å²) in [4.78, 5) is 26.1. The van der Waals surface area contributed by atoms with Crippen molar-refractivity contribution in [3.8, 4) is 0 Å². The normalized spacial score (nSPS) is 16.4. The first-order chi connectivity index (χ1) is 10.5. The number of halogens is 1. The van der Waals surface area contributed by atoms with Gasteiger partial charge in [0.15, 0.2) is 0 Å². The summed E-state index contributed by atoms with van der Waals surface area (Å²) in [5.41, 5.74) is 1.87. The summed E-state index contributed by atoms with van der Waals surface area (Å²) < 4.78 is 4.80. The summed E-state index contributed by atoms with van der Waals surface area (Å²) >= 11 is 5.96. The second-order valence-corrected chi connectivity index (χ2v) is 5.21. The zero-order chi connectivity index (χ0) is 16.3. The molecule has 0 atom stereocenters. The van der Waals surface area contributed by atoms with Gasteiger partial charge in [-0.25, -0.2) is 4.79 Å². The Bertz CT molecular complexity index is 704. The lowest BCUT2D eigenvalue weighted by molar-refractivity contribution is -0.136. The molecule has 0 aromatic heterocycles. The maximum absolute atomic E-state index is 12.6. The standard InChI is InChI=1S/C17H16ClNO3/c1-4-8-19-11(2)15(17(21)22-3)14(16(19)20)10-12-6-5-7-13(18)9-12/h4-7,9-10H,1,8H2,2-3H3. The van der Waals surface area contributed by atoms with Gasteiger partial charge in [-0.05, 0) is 30.7 Å². The van der Waals surface area contributed by atoms with Gasteiger partial charge in [-0.2, -0.15) is 0 Å². The molecule has 1 aromatic rings. The molecule has 5 heteroatoms. The lowest BCUT2D eigenvalue weighted by Crippen LogP contribution is -2.24. The fourth-order valence-corrected chi connectivity index (χ4v) is 2.54. The summed E-state index contributed by atoms with van der Waals surface area (Å²) in [5.74, 6) is -0.788. The third-order valence-corrected chi connectivity index (χ3v) is 3.61. The largest absolute Gasteiger partial charge is 0.465 e. The highest BCUT2D eigenvalue weighted by Crippen LogP contribution is 2.31. The molecule has 0 fully saturated rings. The molecule has 2 rings (SSSR count). The summed E-state index contributed by atoms with van der Waals surface area (Å²) in [5, 5.41) is 0.558. The van der Waals surface area contributed by atoms with E-state index in [2.05, 4.69) is 6.58 Å². The quantitative estimate of drug-likeness (QED) is 0.487. The van der Waals surface area contributed by atoms with E-state index in [0.717, 1.165) is 5.56 Å². The van der Waals surface area contributed by atoms with Gasteiger partial charge < -0.3 is 9.64 Å². The number of carbonyl (C=O) groups is 2. The van der Waals surface area contributed by atoms with Crippen molar-refractivity contribution >= 4 is 29.6 Å². The van der Waals surface area contributed by atoms with Gasteiger partial charge in [-0.15, -0.1) is 6.58 Å². The van der Waals surface area contributed by atoms with Gasteiger partial charge in [0.1, 0.15) is 0 Å². The minimum absolute atomic E-state index is 0.252. The number of rotatable bonds is 4. The van der Waals surface area contributed by atoms with E-state index >= 15 is 0 Å². The highest BCUT2D eigenvalue weighted by Gasteiger charge is 2.36. The third-order valence-electron chi connectivity index (χ3n) is 3.37. The topological polar surface area (TPSA) is 46.6 Å². The number of esters is 1. The number of nitrogens with zero attached hydrogens (tertiary/aromatic N) is 1. The van der Waals surface area contributed by atoms with Gasteiger partial charge in [0.05, 0.1) is 18.3 Å². The van der Waals surface area contributed by atoms with Crippen LogP contribution < -0.4 is 0 Å². The van der Waals surface area contributed by atoms with Crippen LogP contribution in [0, 0.1) is 0 Å². The van der Waals surface area contributed by atoms with Crippen molar-refractivity contribution < 1.29 is 14.3 Å². The first kappa shape index (κ1) is 16.0. The molecule has 0 N–H and O–H groups in total. The van der Waals surface area contributed by atoms with Gasteiger partial charge in [0, 0.05) is 17.3 Å². The molecule has 1 aliphatic rings. The van der Waals surface area contributed by atoms with Crippen molar-refractivity contribution in [1.82, 2.24) is 4.90 Å². The molecule has 0 bridgehead atoms. The van der Waals surface area contributed by atoms with Crippen molar-refractivity contribution in [2.75, 3.05) is 13.7 Å². The highest BCUT2D eigenvalue weighted by atomic mass is 35.5. The molecule has 114 valence electrons. The van der Waals surface area contributed by atoms with Crippen molar-refractivity contribution in [3.05, 3.63) is 64.3 Å². The molecule has 0 aliphatic carbocycles. The number of hydrogen-bond donors (Lipinski definition) is 0. The number of allylic oxidation sites excluding steroid dienone is 1. The second-order valence-electron chi connectivity index (χ2n) is 4.77. The minimum Gasteiger partial charge on any atom is -0.465 e. The predicted molar refractivity (Wildman–Crippen MR) is 86.1 cm³/mol. The van der Waals surface area contributed by atoms with Crippen molar-refractivity contribution in [3.63, 3.8) is 0 Å². The van der Waals surface area contributed by atoms with Gasteiger partial charge in [-0.3, -0.25) is 4.79 Å². The first-order valence-electron chi connectivity index (χ1n) is 6.69. The molecule has 0 saturated heterocycles. The molecule has 0 unspecified atom stereocenters. The van der Waals surface area contributed by atoms with Crippen LogP contribution in [0.3, 0.4) is 0 Å². The molecule has 4 nitrogen and oxygen atoms in total. The van der Waals surface area contributed by atoms with E-state index in [1.165, 1.54) is 12.0 Å². The molecular formula is C17H16ClNO3. The molecule has 1 aliphatic heterocycles. The first-order valence-corrected chi connectivity index (χ1v) is 7.07. The number of carbonyl (C=O) groups excluding carboxylic acids is 2.